The number of amides is 4. The van der Waals surface area contributed by atoms with Crippen molar-refractivity contribution in [2.45, 2.75) is 64.3 Å². The minimum Gasteiger partial charge on any atom is -0.508 e. The Morgan fingerprint density at radius 3 is 2.30 bits per heavy atom. The third-order valence-corrected chi connectivity index (χ3v) is 8.49. The van der Waals surface area contributed by atoms with Crippen LogP contribution in [0.4, 0.5) is 0 Å². The van der Waals surface area contributed by atoms with E-state index in [1.54, 1.807) is 42.0 Å². The molecule has 2 aliphatic heterocycles. The van der Waals surface area contributed by atoms with Crippen molar-refractivity contribution >= 4 is 23.6 Å². The number of nitrogens with zero attached hydrogens (tertiary/aromatic N) is 3. The molecule has 2 N–H and O–H groups in total. The van der Waals surface area contributed by atoms with E-state index in [4.69, 9.17) is 4.74 Å². The highest BCUT2D eigenvalue weighted by molar-refractivity contribution is 5.85. The summed E-state index contributed by atoms with van der Waals surface area (Å²) in [5.41, 5.74) is 2.07. The first-order valence-corrected chi connectivity index (χ1v) is 15.2. The number of hydrogen-bond donors (Lipinski definition) is 2. The lowest BCUT2D eigenvalue weighted by atomic mass is 9.87. The highest BCUT2D eigenvalue weighted by Gasteiger charge is 2.32. The number of phenols is 1. The predicted molar refractivity (Wildman–Crippen MR) is 163 cm³/mol. The lowest BCUT2D eigenvalue weighted by Crippen LogP contribution is -2.39. The largest absolute Gasteiger partial charge is 0.508 e. The molecule has 4 bridgehead atoms. The summed E-state index contributed by atoms with van der Waals surface area (Å²) >= 11 is 0. The van der Waals surface area contributed by atoms with Crippen LogP contribution >= 0.6 is 0 Å². The van der Waals surface area contributed by atoms with E-state index >= 15 is 0 Å². The first-order valence-electron chi connectivity index (χ1n) is 15.2. The molecule has 0 saturated carbocycles. The number of ether oxygens (including phenoxy) is 1. The summed E-state index contributed by atoms with van der Waals surface area (Å²) in [5.74, 6) is -0.491. The van der Waals surface area contributed by atoms with Crippen LogP contribution in [0, 0.1) is 0 Å². The van der Waals surface area contributed by atoms with Crippen molar-refractivity contribution in [2.75, 3.05) is 46.4 Å². The Kier molecular flexibility index (Phi) is 11.0. The highest BCUT2D eigenvalue weighted by atomic mass is 16.5. The van der Waals surface area contributed by atoms with Gasteiger partial charge in [-0.1, -0.05) is 18.2 Å². The Morgan fingerprint density at radius 1 is 0.907 bits per heavy atom. The standard InChI is InChI=1S/C33H44N4O6/c1-23(38)35-15-4-5-16-36-17-6-14-34-32(41)22-30(37(24(2)39)19-7-18-35)26-10-13-31(40)28(21-26)29(33(36)42)20-25-8-11-27(43-3)12-9-25/h8-13,21,29-30,40H,4-7,14-20,22H2,1-3H3,(H,34,41)/t29-,30+/m1/s1. The van der Waals surface area contributed by atoms with Crippen molar-refractivity contribution in [3.05, 3.63) is 59.2 Å². The number of fused-ring (bicyclic) bond motifs is 2. The molecule has 0 aromatic heterocycles. The number of carbonyl (C=O) groups excluding carboxylic acids is 4. The summed E-state index contributed by atoms with van der Waals surface area (Å²) < 4.78 is 5.32. The summed E-state index contributed by atoms with van der Waals surface area (Å²) in [5, 5.41) is 14.1. The van der Waals surface area contributed by atoms with Crippen LogP contribution in [-0.2, 0) is 25.6 Å². The van der Waals surface area contributed by atoms with Crippen molar-refractivity contribution in [2.24, 2.45) is 0 Å². The molecule has 0 saturated heterocycles. The molecule has 0 spiro atoms. The van der Waals surface area contributed by atoms with Gasteiger partial charge in [-0.05, 0) is 67.5 Å². The van der Waals surface area contributed by atoms with Gasteiger partial charge in [0.2, 0.25) is 23.6 Å². The third kappa shape index (κ3) is 8.27. The van der Waals surface area contributed by atoms with Gasteiger partial charge >= 0.3 is 0 Å². The van der Waals surface area contributed by atoms with Gasteiger partial charge in [0.25, 0.3) is 0 Å². The zero-order valence-corrected chi connectivity index (χ0v) is 25.5. The highest BCUT2D eigenvalue weighted by Crippen LogP contribution is 2.36. The lowest BCUT2D eigenvalue weighted by molar-refractivity contribution is -0.134. The van der Waals surface area contributed by atoms with Gasteiger partial charge in [0.1, 0.15) is 11.5 Å². The molecule has 0 aliphatic carbocycles. The van der Waals surface area contributed by atoms with E-state index in [0.717, 1.165) is 12.0 Å². The van der Waals surface area contributed by atoms with Crippen molar-refractivity contribution in [3.63, 3.8) is 0 Å². The molecule has 4 rings (SSSR count). The number of benzene rings is 2. The SMILES string of the molecule is COc1ccc(C[C@H]2C(=O)N3CCCCN(C(C)=O)CCCN(C(C)=O)[C@@H](CC(=O)NCCC3)c3ccc(O)c2c3)cc1. The van der Waals surface area contributed by atoms with E-state index in [9.17, 15) is 24.3 Å². The fraction of sp³-hybridized carbons (Fsp3) is 0.515. The van der Waals surface area contributed by atoms with Gasteiger partial charge in [0, 0.05) is 58.7 Å². The second-order valence-corrected chi connectivity index (χ2v) is 11.5. The Bertz CT molecular complexity index is 1300. The molecule has 232 valence electrons. The van der Waals surface area contributed by atoms with E-state index in [2.05, 4.69) is 5.32 Å². The molecule has 10 nitrogen and oxygen atoms in total. The molecular formula is C33H44N4O6. The maximum atomic E-state index is 14.4. The number of phenolic OH excluding ortho intramolecular Hbond substituents is 1. The van der Waals surface area contributed by atoms with Crippen molar-refractivity contribution in [1.82, 2.24) is 20.0 Å². The summed E-state index contributed by atoms with van der Waals surface area (Å²) in [6.07, 6.45) is 2.95. The van der Waals surface area contributed by atoms with Crippen LogP contribution in [-0.4, -0.2) is 89.8 Å². The molecule has 2 heterocycles. The minimum atomic E-state index is -0.689. The lowest BCUT2D eigenvalue weighted by Gasteiger charge is -2.33. The minimum absolute atomic E-state index is 0.00114. The summed E-state index contributed by atoms with van der Waals surface area (Å²) in [6, 6.07) is 12.0. The molecule has 43 heavy (non-hydrogen) atoms. The average Bonchev–Trinajstić information content (AvgIpc) is 2.99. The molecule has 2 aliphatic rings. The van der Waals surface area contributed by atoms with Crippen LogP contribution in [0.15, 0.2) is 42.5 Å². The van der Waals surface area contributed by atoms with Crippen molar-refractivity contribution in [3.8, 4) is 11.5 Å². The van der Waals surface area contributed by atoms with Crippen LogP contribution in [0.5, 0.6) is 11.5 Å². The Labute approximate surface area is 254 Å². The van der Waals surface area contributed by atoms with Crippen molar-refractivity contribution in [1.29, 1.82) is 0 Å². The second kappa shape index (κ2) is 14.9. The molecule has 2 aromatic carbocycles. The average molecular weight is 593 g/mol. The molecule has 2 atom stereocenters. The first kappa shape index (κ1) is 31.8. The number of methoxy groups -OCH3 is 1. The monoisotopic (exact) mass is 592 g/mol. The molecule has 0 unspecified atom stereocenters. The number of nitrogens with one attached hydrogen (secondary N) is 1. The fourth-order valence-corrected chi connectivity index (χ4v) is 6.09. The van der Waals surface area contributed by atoms with Gasteiger partial charge in [-0.25, -0.2) is 0 Å². The zero-order chi connectivity index (χ0) is 30.9. The van der Waals surface area contributed by atoms with E-state index in [1.165, 1.54) is 6.92 Å². The number of carbonyl (C=O) groups is 4. The maximum Gasteiger partial charge on any atom is 0.230 e. The summed E-state index contributed by atoms with van der Waals surface area (Å²) in [4.78, 5) is 58.3. The van der Waals surface area contributed by atoms with Crippen LogP contribution in [0.2, 0.25) is 0 Å². The fourth-order valence-electron chi connectivity index (χ4n) is 6.09. The second-order valence-electron chi connectivity index (χ2n) is 11.5. The van der Waals surface area contributed by atoms with Gasteiger partial charge in [-0.3, -0.25) is 19.2 Å². The molecule has 10 heteroatoms. The molecule has 2 aromatic rings. The zero-order valence-electron chi connectivity index (χ0n) is 25.5. The van der Waals surface area contributed by atoms with Crippen LogP contribution in [0.25, 0.3) is 0 Å². The molecular weight excluding hydrogens is 548 g/mol. The molecule has 0 radical (unpaired) electrons. The third-order valence-electron chi connectivity index (χ3n) is 8.49. The van der Waals surface area contributed by atoms with Gasteiger partial charge in [-0.2, -0.15) is 0 Å². The van der Waals surface area contributed by atoms with E-state index in [-0.39, 0.29) is 35.8 Å². The Hall–Kier alpha value is -4.08. The number of hydrogen-bond acceptors (Lipinski definition) is 6. The molecule has 0 fully saturated rings. The summed E-state index contributed by atoms with van der Waals surface area (Å²) in [6.45, 7) is 5.79. The Morgan fingerprint density at radius 2 is 1.60 bits per heavy atom. The maximum absolute atomic E-state index is 14.4. The quantitative estimate of drug-likeness (QED) is 0.564. The smallest absolute Gasteiger partial charge is 0.230 e. The topological polar surface area (TPSA) is 119 Å². The molecule has 4 amide bonds. The number of aromatic hydroxyl groups is 1. The van der Waals surface area contributed by atoms with Gasteiger partial charge in [-0.15, -0.1) is 0 Å². The summed E-state index contributed by atoms with van der Waals surface area (Å²) in [7, 11) is 1.60. The van der Waals surface area contributed by atoms with E-state index in [0.29, 0.717) is 81.8 Å². The van der Waals surface area contributed by atoms with Gasteiger partial charge < -0.3 is 29.9 Å². The first-order chi connectivity index (χ1) is 20.7. The van der Waals surface area contributed by atoms with Gasteiger partial charge in [0.05, 0.1) is 25.5 Å². The normalized spacial score (nSPS) is 20.9. The van der Waals surface area contributed by atoms with Crippen LogP contribution < -0.4 is 10.1 Å². The van der Waals surface area contributed by atoms with Crippen molar-refractivity contribution < 1.29 is 29.0 Å². The Balaban J connectivity index is 1.85. The van der Waals surface area contributed by atoms with Crippen LogP contribution in [0.1, 0.15) is 74.6 Å². The van der Waals surface area contributed by atoms with Gasteiger partial charge in [0.15, 0.2) is 0 Å². The van der Waals surface area contributed by atoms with E-state index in [1.807, 2.05) is 29.2 Å². The number of rotatable bonds is 3. The predicted octanol–water partition coefficient (Wildman–Crippen LogP) is 3.39. The van der Waals surface area contributed by atoms with E-state index < -0.39 is 12.0 Å². The van der Waals surface area contributed by atoms with Crippen LogP contribution in [0.3, 0.4) is 0 Å².